The quantitative estimate of drug-likeness (QED) is 0.372. The number of aliphatic carboxylic acids is 1. The van der Waals surface area contributed by atoms with Crippen LogP contribution in [-0.2, 0) is 27.5 Å². The van der Waals surface area contributed by atoms with Gasteiger partial charge in [0.15, 0.2) is 0 Å². The number of carboxylic acids is 1. The number of carboxylic acid groups (broad SMARTS) is 1. The van der Waals surface area contributed by atoms with Crippen LogP contribution in [0.5, 0.6) is 0 Å². The van der Waals surface area contributed by atoms with Gasteiger partial charge >= 0.3 is 5.97 Å². The van der Waals surface area contributed by atoms with Gasteiger partial charge in [0.25, 0.3) is 0 Å². The summed E-state index contributed by atoms with van der Waals surface area (Å²) in [5.74, 6) is -0.910. The first-order chi connectivity index (χ1) is 14.8. The van der Waals surface area contributed by atoms with Crippen LogP contribution >= 0.6 is 8.58 Å². The smallest absolute Gasteiger partial charge is 0.320 e. The van der Waals surface area contributed by atoms with Crippen molar-refractivity contribution in [3.63, 3.8) is 0 Å². The van der Waals surface area contributed by atoms with E-state index in [9.17, 15) is 4.79 Å². The van der Waals surface area contributed by atoms with Crippen LogP contribution in [-0.4, -0.2) is 50.1 Å². The molecule has 5 nitrogen and oxygen atoms in total. The maximum absolute atomic E-state index is 10.0. The van der Waals surface area contributed by atoms with Gasteiger partial charge in [0.05, 0.1) is 34.8 Å². The Balaban J connectivity index is 0.000000917. The third-order valence-corrected chi connectivity index (χ3v) is 6.00. The lowest BCUT2D eigenvalue weighted by Crippen LogP contribution is -2.34. The zero-order valence-electron chi connectivity index (χ0n) is 19.2. The van der Waals surface area contributed by atoms with E-state index in [2.05, 4.69) is 62.4 Å². The fraction of sp³-hybridized carbons (Fsp3) is 0.480. The molecule has 2 aromatic rings. The van der Waals surface area contributed by atoms with Crippen molar-refractivity contribution >= 4 is 23.0 Å². The minimum absolute atomic E-state index is 0. The molecule has 0 amide bonds. The van der Waals surface area contributed by atoms with Crippen LogP contribution in [0.25, 0.3) is 0 Å². The maximum Gasteiger partial charge on any atom is 0.320 e. The molecular weight excluding hydrogens is 420 g/mol. The second-order valence-corrected chi connectivity index (χ2v) is 10.4. The molecule has 0 spiro atoms. The highest BCUT2D eigenvalue weighted by Crippen LogP contribution is 2.26. The molecule has 0 aliphatic rings. The highest BCUT2D eigenvalue weighted by molar-refractivity contribution is 7.39. The molecule has 2 unspecified atom stereocenters. The first-order valence-electron chi connectivity index (χ1n) is 10.8. The molecule has 0 fully saturated rings. The van der Waals surface area contributed by atoms with E-state index in [1.807, 2.05) is 12.1 Å². The summed E-state index contributed by atoms with van der Waals surface area (Å²) in [6.07, 6.45) is 0. The highest BCUT2D eigenvalue weighted by atomic mass is 31.1. The SMILES string of the molecule is B.CC(C)[C@H](N)C(=O)O.CC(COCc1ccccc1)PC(C)COCc1ccccc1. The number of nitrogens with two attached hydrogens (primary N) is 1. The molecule has 178 valence electrons. The minimum atomic E-state index is -0.931. The Hall–Kier alpha value is -1.72. The van der Waals surface area contributed by atoms with Gasteiger partial charge in [-0.15, -0.1) is 8.58 Å². The number of hydrogen-bond donors (Lipinski definition) is 2. The lowest BCUT2D eigenvalue weighted by Gasteiger charge is -2.18. The van der Waals surface area contributed by atoms with Gasteiger partial charge in [0.2, 0.25) is 0 Å². The van der Waals surface area contributed by atoms with Crippen molar-refractivity contribution in [3.05, 3.63) is 71.8 Å². The van der Waals surface area contributed by atoms with Gasteiger partial charge in [-0.2, -0.15) is 0 Å². The van der Waals surface area contributed by atoms with E-state index in [0.717, 1.165) is 21.8 Å². The number of rotatable bonds is 12. The van der Waals surface area contributed by atoms with Gasteiger partial charge in [-0.3, -0.25) is 4.79 Å². The average molecular weight is 461 g/mol. The van der Waals surface area contributed by atoms with Crippen molar-refractivity contribution in [1.82, 2.24) is 0 Å². The summed E-state index contributed by atoms with van der Waals surface area (Å²) in [4.78, 5) is 10.0. The first kappa shape index (κ1) is 30.3. The van der Waals surface area contributed by atoms with Gasteiger partial charge in [-0.1, -0.05) is 88.4 Å². The highest BCUT2D eigenvalue weighted by Gasteiger charge is 2.14. The molecule has 32 heavy (non-hydrogen) atoms. The number of benzene rings is 2. The molecule has 3 N–H and O–H groups in total. The molecule has 0 aliphatic heterocycles. The molecule has 0 bridgehead atoms. The molecule has 0 aliphatic carbocycles. The summed E-state index contributed by atoms with van der Waals surface area (Å²) in [5.41, 5.74) is 8.79. The monoisotopic (exact) mass is 461 g/mol. The molecule has 0 radical (unpaired) electrons. The van der Waals surface area contributed by atoms with Crippen molar-refractivity contribution in [2.45, 2.75) is 58.3 Å². The Labute approximate surface area is 197 Å². The van der Waals surface area contributed by atoms with Gasteiger partial charge in [0, 0.05) is 0 Å². The van der Waals surface area contributed by atoms with Crippen molar-refractivity contribution < 1.29 is 19.4 Å². The first-order valence-corrected chi connectivity index (χ1v) is 11.9. The van der Waals surface area contributed by atoms with E-state index in [0.29, 0.717) is 24.5 Å². The molecule has 7 heteroatoms. The number of carbonyl (C=O) groups is 1. The van der Waals surface area contributed by atoms with Gasteiger partial charge in [0.1, 0.15) is 6.04 Å². The standard InChI is InChI=1S/C20H27O2P.C5H11NO2.BH3/c1-17(13-21-15-19-9-5-3-6-10-19)23-18(2)14-22-16-20-11-7-4-8-12-20;1-3(2)4(6)5(7)8;/h3-12,17-18,23H,13-16H2,1-2H3;3-4H,6H2,1-2H3,(H,7,8);1H3/t;4-;/m.0./s1. The second kappa shape index (κ2) is 17.8. The van der Waals surface area contributed by atoms with E-state index in [4.69, 9.17) is 20.3 Å². The van der Waals surface area contributed by atoms with Gasteiger partial charge in [-0.25, -0.2) is 0 Å². The van der Waals surface area contributed by atoms with Crippen LogP contribution in [0, 0.1) is 5.92 Å². The largest absolute Gasteiger partial charge is 0.480 e. The molecule has 0 heterocycles. The topological polar surface area (TPSA) is 81.8 Å². The zero-order chi connectivity index (χ0) is 23.1. The van der Waals surface area contributed by atoms with Crippen molar-refractivity contribution in [2.24, 2.45) is 11.7 Å². The van der Waals surface area contributed by atoms with Gasteiger partial charge in [-0.05, 0) is 28.4 Å². The van der Waals surface area contributed by atoms with Crippen molar-refractivity contribution in [1.29, 1.82) is 0 Å². The van der Waals surface area contributed by atoms with E-state index in [1.165, 1.54) is 11.1 Å². The van der Waals surface area contributed by atoms with E-state index >= 15 is 0 Å². The van der Waals surface area contributed by atoms with Crippen LogP contribution in [0.3, 0.4) is 0 Å². The summed E-state index contributed by atoms with van der Waals surface area (Å²) in [7, 11) is 0.865. The predicted octanol–water partition coefficient (Wildman–Crippen LogP) is 3.75. The molecule has 3 atom stereocenters. The number of ether oxygens (including phenoxy) is 2. The summed E-state index contributed by atoms with van der Waals surface area (Å²) in [6, 6.07) is 20.0. The number of hydrogen-bond acceptors (Lipinski definition) is 4. The molecule has 0 aromatic heterocycles. The third kappa shape index (κ3) is 14.4. The summed E-state index contributed by atoms with van der Waals surface area (Å²) >= 11 is 0. The maximum atomic E-state index is 10.0. The zero-order valence-corrected chi connectivity index (χ0v) is 20.2. The minimum Gasteiger partial charge on any atom is -0.480 e. The van der Waals surface area contributed by atoms with E-state index < -0.39 is 12.0 Å². The lowest BCUT2D eigenvalue weighted by molar-refractivity contribution is -0.139. The van der Waals surface area contributed by atoms with Crippen LogP contribution in [0.2, 0.25) is 0 Å². The summed E-state index contributed by atoms with van der Waals surface area (Å²) in [6.45, 7) is 11.1. The van der Waals surface area contributed by atoms with Crippen LogP contribution in [0.1, 0.15) is 38.8 Å². The van der Waals surface area contributed by atoms with Crippen molar-refractivity contribution in [2.75, 3.05) is 13.2 Å². The van der Waals surface area contributed by atoms with Crippen LogP contribution in [0.4, 0.5) is 0 Å². The fourth-order valence-electron chi connectivity index (χ4n) is 2.72. The molecule has 2 aromatic carbocycles. The van der Waals surface area contributed by atoms with Crippen molar-refractivity contribution in [3.8, 4) is 0 Å². The normalized spacial score (nSPS) is 13.7. The van der Waals surface area contributed by atoms with Gasteiger partial charge < -0.3 is 20.3 Å². The van der Waals surface area contributed by atoms with E-state index in [1.54, 1.807) is 13.8 Å². The predicted molar refractivity (Wildman–Crippen MR) is 140 cm³/mol. The Morgan fingerprint density at radius 3 is 1.50 bits per heavy atom. The molecule has 2 rings (SSSR count). The fourth-order valence-corrected chi connectivity index (χ4v) is 4.12. The lowest BCUT2D eigenvalue weighted by atomic mass is 10.1. The molecular formula is C25H41BNO4P. The van der Waals surface area contributed by atoms with Crippen LogP contribution < -0.4 is 5.73 Å². The molecule has 0 saturated carbocycles. The Kier molecular flexibility index (Phi) is 16.8. The average Bonchev–Trinajstić information content (AvgIpc) is 2.75. The third-order valence-electron chi connectivity index (χ3n) is 4.53. The van der Waals surface area contributed by atoms with Crippen LogP contribution in [0.15, 0.2) is 60.7 Å². The second-order valence-electron chi connectivity index (χ2n) is 8.08. The Bertz CT molecular complexity index is 669. The summed E-state index contributed by atoms with van der Waals surface area (Å²) < 4.78 is 11.6. The summed E-state index contributed by atoms with van der Waals surface area (Å²) in [5, 5.41) is 8.23. The molecule has 0 saturated heterocycles. The Morgan fingerprint density at radius 2 is 1.22 bits per heavy atom. The van der Waals surface area contributed by atoms with E-state index in [-0.39, 0.29) is 14.3 Å². The Morgan fingerprint density at radius 1 is 0.844 bits per heavy atom.